The van der Waals surface area contributed by atoms with Crippen LogP contribution in [0.3, 0.4) is 0 Å². The molecule has 0 radical (unpaired) electrons. The van der Waals surface area contributed by atoms with E-state index < -0.39 is 11.6 Å². The zero-order valence-corrected chi connectivity index (χ0v) is 15.7. The second-order valence-corrected chi connectivity index (χ2v) is 9.15. The smallest absolute Gasteiger partial charge is 0.325 e. The van der Waals surface area contributed by atoms with Crippen LogP contribution in [0.25, 0.3) is 0 Å². The molecule has 1 aromatic heterocycles. The fourth-order valence-electron chi connectivity index (χ4n) is 4.45. The molecule has 6 nitrogen and oxygen atoms in total. The fraction of sp³-hybridized carbons (Fsp3) is 0.611. The standard InChI is InChI=1S/C18H25N3O3S/c1-12-7-17(2,3)11-18(8-12)15(23)21(16(24)20-18)10-14(22)19-9-13-5-4-6-25-13/h4-6,12H,7-11H2,1-3H3,(H,19,22)(H,20,24). The summed E-state index contributed by atoms with van der Waals surface area (Å²) in [5.74, 6) is -0.235. The van der Waals surface area contributed by atoms with E-state index in [0.717, 1.165) is 16.2 Å². The van der Waals surface area contributed by atoms with Gasteiger partial charge in [-0.25, -0.2) is 4.79 Å². The largest absolute Gasteiger partial charge is 0.350 e. The topological polar surface area (TPSA) is 78.5 Å². The lowest BCUT2D eigenvalue weighted by molar-refractivity contribution is -0.137. The third-order valence-electron chi connectivity index (χ3n) is 4.97. The molecule has 7 heteroatoms. The number of hydrogen-bond donors (Lipinski definition) is 2. The van der Waals surface area contributed by atoms with Gasteiger partial charge in [-0.2, -0.15) is 0 Å². The number of nitrogens with zero attached hydrogens (tertiary/aromatic N) is 1. The molecule has 2 unspecified atom stereocenters. The van der Waals surface area contributed by atoms with Crippen LogP contribution in [-0.2, 0) is 16.1 Å². The molecule has 4 amide bonds. The van der Waals surface area contributed by atoms with Crippen molar-refractivity contribution in [3.8, 4) is 0 Å². The highest BCUT2D eigenvalue weighted by Crippen LogP contribution is 2.46. The van der Waals surface area contributed by atoms with E-state index in [2.05, 4.69) is 31.4 Å². The number of hydrogen-bond acceptors (Lipinski definition) is 4. The summed E-state index contributed by atoms with van der Waals surface area (Å²) in [6.45, 7) is 6.54. The molecule has 0 bridgehead atoms. The van der Waals surface area contributed by atoms with E-state index in [1.807, 2.05) is 17.5 Å². The molecule has 2 aliphatic rings. The van der Waals surface area contributed by atoms with E-state index in [9.17, 15) is 14.4 Å². The lowest BCUT2D eigenvalue weighted by Gasteiger charge is -2.43. The number of rotatable bonds is 4. The van der Waals surface area contributed by atoms with Crippen LogP contribution < -0.4 is 10.6 Å². The Kier molecular flexibility index (Phi) is 4.62. The Labute approximate surface area is 152 Å². The minimum atomic E-state index is -0.855. The SMILES string of the molecule is CC1CC(C)(C)CC2(C1)NC(=O)N(CC(=O)NCc1cccs1)C2=O. The van der Waals surface area contributed by atoms with Crippen LogP contribution in [0.15, 0.2) is 17.5 Å². The average Bonchev–Trinajstić information content (AvgIpc) is 3.06. The van der Waals surface area contributed by atoms with Gasteiger partial charge in [0.05, 0.1) is 6.54 Å². The van der Waals surface area contributed by atoms with Crippen LogP contribution in [0.4, 0.5) is 4.79 Å². The highest BCUT2D eigenvalue weighted by molar-refractivity contribution is 7.09. The normalized spacial score (nSPS) is 28.3. The van der Waals surface area contributed by atoms with Crippen molar-refractivity contribution in [1.29, 1.82) is 0 Å². The van der Waals surface area contributed by atoms with Gasteiger partial charge in [0.25, 0.3) is 5.91 Å². The third kappa shape index (κ3) is 3.71. The van der Waals surface area contributed by atoms with E-state index in [1.54, 1.807) is 11.3 Å². The van der Waals surface area contributed by atoms with Gasteiger partial charge in [0.15, 0.2) is 0 Å². The first-order valence-corrected chi connectivity index (χ1v) is 9.52. The number of carbonyl (C=O) groups excluding carboxylic acids is 3. The van der Waals surface area contributed by atoms with Crippen molar-refractivity contribution in [3.05, 3.63) is 22.4 Å². The van der Waals surface area contributed by atoms with Crippen molar-refractivity contribution in [1.82, 2.24) is 15.5 Å². The molecule has 2 fully saturated rings. The van der Waals surface area contributed by atoms with Gasteiger partial charge in [0.2, 0.25) is 5.91 Å². The van der Waals surface area contributed by atoms with Crippen molar-refractivity contribution in [2.75, 3.05) is 6.54 Å². The Morgan fingerprint density at radius 1 is 1.40 bits per heavy atom. The molecule has 1 aliphatic heterocycles. The summed E-state index contributed by atoms with van der Waals surface area (Å²) in [5, 5.41) is 7.60. The van der Waals surface area contributed by atoms with Crippen LogP contribution in [-0.4, -0.2) is 34.8 Å². The molecule has 1 aliphatic carbocycles. The number of carbonyl (C=O) groups is 3. The van der Waals surface area contributed by atoms with Crippen molar-refractivity contribution in [3.63, 3.8) is 0 Å². The van der Waals surface area contributed by atoms with Crippen molar-refractivity contribution in [2.24, 2.45) is 11.3 Å². The maximum atomic E-state index is 13.0. The number of imide groups is 1. The van der Waals surface area contributed by atoms with Gasteiger partial charge in [-0.1, -0.05) is 26.8 Å². The monoisotopic (exact) mass is 363 g/mol. The van der Waals surface area contributed by atoms with E-state index in [0.29, 0.717) is 25.3 Å². The van der Waals surface area contributed by atoms with Gasteiger partial charge in [-0.3, -0.25) is 14.5 Å². The van der Waals surface area contributed by atoms with E-state index in [4.69, 9.17) is 0 Å². The van der Waals surface area contributed by atoms with Crippen LogP contribution in [0, 0.1) is 11.3 Å². The van der Waals surface area contributed by atoms with E-state index in [-0.39, 0.29) is 23.8 Å². The predicted molar refractivity (Wildman–Crippen MR) is 95.9 cm³/mol. The molecule has 136 valence electrons. The van der Waals surface area contributed by atoms with Crippen molar-refractivity contribution in [2.45, 2.75) is 52.1 Å². The molecule has 1 saturated carbocycles. The Hall–Kier alpha value is -1.89. The fourth-order valence-corrected chi connectivity index (χ4v) is 5.09. The maximum Gasteiger partial charge on any atom is 0.325 e. The first kappa shape index (κ1) is 17.9. The lowest BCUT2D eigenvalue weighted by atomic mass is 9.64. The second-order valence-electron chi connectivity index (χ2n) is 8.11. The first-order valence-electron chi connectivity index (χ1n) is 8.64. The van der Waals surface area contributed by atoms with Gasteiger partial charge >= 0.3 is 6.03 Å². The van der Waals surface area contributed by atoms with Crippen LogP contribution in [0.2, 0.25) is 0 Å². The van der Waals surface area contributed by atoms with Gasteiger partial charge in [-0.15, -0.1) is 11.3 Å². The quantitative estimate of drug-likeness (QED) is 0.807. The molecular weight excluding hydrogens is 338 g/mol. The van der Waals surface area contributed by atoms with Gasteiger partial charge in [0.1, 0.15) is 12.1 Å². The highest BCUT2D eigenvalue weighted by Gasteiger charge is 2.56. The minimum Gasteiger partial charge on any atom is -0.350 e. The Balaban J connectivity index is 1.66. The molecule has 2 atom stereocenters. The molecule has 1 saturated heterocycles. The number of nitrogens with one attached hydrogen (secondary N) is 2. The van der Waals surface area contributed by atoms with Crippen molar-refractivity contribution >= 4 is 29.2 Å². The molecule has 2 N–H and O–H groups in total. The Morgan fingerprint density at radius 3 is 2.80 bits per heavy atom. The molecule has 1 aromatic rings. The summed E-state index contributed by atoms with van der Waals surface area (Å²) in [5.41, 5.74) is -0.871. The second kappa shape index (κ2) is 6.44. The molecule has 3 rings (SSSR count). The molecule has 25 heavy (non-hydrogen) atoms. The van der Waals surface area contributed by atoms with Crippen LogP contribution in [0.1, 0.15) is 44.9 Å². The summed E-state index contributed by atoms with van der Waals surface area (Å²) in [7, 11) is 0. The number of urea groups is 1. The first-order chi connectivity index (χ1) is 11.7. The number of thiophene rings is 1. The molecule has 0 aromatic carbocycles. The zero-order valence-electron chi connectivity index (χ0n) is 14.9. The van der Waals surface area contributed by atoms with Gasteiger partial charge < -0.3 is 10.6 Å². The maximum absolute atomic E-state index is 13.0. The van der Waals surface area contributed by atoms with E-state index in [1.165, 1.54) is 0 Å². The molecule has 1 spiro atoms. The number of amides is 4. The molecule has 2 heterocycles. The predicted octanol–water partition coefficient (Wildman–Crippen LogP) is 2.50. The van der Waals surface area contributed by atoms with Crippen LogP contribution in [0.5, 0.6) is 0 Å². The molecular formula is C18H25N3O3S. The van der Waals surface area contributed by atoms with Crippen molar-refractivity contribution < 1.29 is 14.4 Å². The Morgan fingerprint density at radius 2 is 2.16 bits per heavy atom. The summed E-state index contributed by atoms with van der Waals surface area (Å²) in [4.78, 5) is 39.6. The summed E-state index contributed by atoms with van der Waals surface area (Å²) in [6.07, 6.45) is 2.27. The minimum absolute atomic E-state index is 0.0158. The highest BCUT2D eigenvalue weighted by atomic mass is 32.1. The van der Waals surface area contributed by atoms with Gasteiger partial charge in [0, 0.05) is 4.88 Å². The zero-order chi connectivity index (χ0) is 18.2. The Bertz CT molecular complexity index is 686. The summed E-state index contributed by atoms with van der Waals surface area (Å²) >= 11 is 1.55. The third-order valence-corrected chi connectivity index (χ3v) is 5.84. The summed E-state index contributed by atoms with van der Waals surface area (Å²) < 4.78 is 0. The van der Waals surface area contributed by atoms with Crippen LogP contribution >= 0.6 is 11.3 Å². The average molecular weight is 363 g/mol. The lowest BCUT2D eigenvalue weighted by Crippen LogP contribution is -2.54. The van der Waals surface area contributed by atoms with Gasteiger partial charge in [-0.05, 0) is 42.0 Å². The summed E-state index contributed by atoms with van der Waals surface area (Å²) in [6, 6.07) is 3.39. The van der Waals surface area contributed by atoms with E-state index >= 15 is 0 Å².